The van der Waals surface area contributed by atoms with Crippen molar-refractivity contribution in [2.24, 2.45) is 0 Å². The van der Waals surface area contributed by atoms with E-state index >= 15 is 0 Å². The molecule has 27 heavy (non-hydrogen) atoms. The first-order chi connectivity index (χ1) is 13.1. The number of hydrogen-bond acceptors (Lipinski definition) is 8. The number of esters is 2. The summed E-state index contributed by atoms with van der Waals surface area (Å²) < 4.78 is 19.5. The van der Waals surface area contributed by atoms with Gasteiger partial charge in [0.1, 0.15) is 13.2 Å². The van der Waals surface area contributed by atoms with Crippen LogP contribution in [-0.2, 0) is 36.4 Å². The molecule has 0 aliphatic heterocycles. The fourth-order valence-electron chi connectivity index (χ4n) is 2.08. The minimum atomic E-state index is -0.454. The zero-order chi connectivity index (χ0) is 19.5. The molecule has 0 bridgehead atoms. The van der Waals surface area contributed by atoms with Gasteiger partial charge >= 0.3 is 11.9 Å². The van der Waals surface area contributed by atoms with Crippen LogP contribution in [0.4, 0.5) is 0 Å². The number of alkyl halides is 1. The van der Waals surface area contributed by atoms with Gasteiger partial charge in [0.05, 0.1) is 31.3 Å². The van der Waals surface area contributed by atoms with Gasteiger partial charge in [-0.1, -0.05) is 23.4 Å². The molecule has 0 saturated carbocycles. The predicted molar refractivity (Wildman–Crippen MR) is 96.0 cm³/mol. The highest BCUT2D eigenvalue weighted by Crippen LogP contribution is 2.18. The molecule has 2 aromatic rings. The summed E-state index contributed by atoms with van der Waals surface area (Å²) in [5, 5.41) is 3.90. The number of carbonyl (C=O) groups excluding carboxylic acids is 2. The molecular formula is C17H18Cl2N2O6. The van der Waals surface area contributed by atoms with Crippen LogP contribution >= 0.6 is 23.5 Å². The molecule has 0 fully saturated rings. The third-order valence-electron chi connectivity index (χ3n) is 3.33. The average Bonchev–Trinajstić information content (AvgIpc) is 3.13. The number of aromatic nitrogens is 2. The maximum Gasteiger partial charge on any atom is 0.307 e. The highest BCUT2D eigenvalue weighted by atomic mass is 35.5. The van der Waals surface area contributed by atoms with Crippen LogP contribution in [0.25, 0.3) is 11.4 Å². The fourth-order valence-corrected chi connectivity index (χ4v) is 2.36. The molecule has 10 heteroatoms. The van der Waals surface area contributed by atoms with Crippen molar-refractivity contribution < 1.29 is 27.9 Å². The lowest BCUT2D eigenvalue weighted by molar-refractivity contribution is -0.152. The molecule has 0 atom stereocenters. The Labute approximate surface area is 165 Å². The SMILES string of the molecule is O=C(CCCl)OCCOC(=O)CCc1nc(-c2cccc(COCl)c2)no1. The van der Waals surface area contributed by atoms with Gasteiger partial charge < -0.3 is 14.0 Å². The zero-order valence-corrected chi connectivity index (χ0v) is 15.9. The molecule has 2 rings (SSSR count). The van der Waals surface area contributed by atoms with Crippen LogP contribution in [0.3, 0.4) is 0 Å². The summed E-state index contributed by atoms with van der Waals surface area (Å²) in [7, 11) is 0. The van der Waals surface area contributed by atoms with Crippen molar-refractivity contribution in [1.29, 1.82) is 0 Å². The lowest BCUT2D eigenvalue weighted by Crippen LogP contribution is -2.14. The maximum atomic E-state index is 11.7. The average molecular weight is 417 g/mol. The topological polar surface area (TPSA) is 101 Å². The van der Waals surface area contributed by atoms with Crippen LogP contribution in [0.2, 0.25) is 0 Å². The van der Waals surface area contributed by atoms with Gasteiger partial charge in [0.25, 0.3) is 0 Å². The zero-order valence-electron chi connectivity index (χ0n) is 14.4. The summed E-state index contributed by atoms with van der Waals surface area (Å²) in [5.74, 6) is 0.0243. The van der Waals surface area contributed by atoms with Gasteiger partial charge in [-0.15, -0.1) is 11.6 Å². The highest BCUT2D eigenvalue weighted by Gasteiger charge is 2.12. The van der Waals surface area contributed by atoms with Crippen molar-refractivity contribution in [2.45, 2.75) is 25.9 Å². The van der Waals surface area contributed by atoms with E-state index in [4.69, 9.17) is 37.5 Å². The Kier molecular flexibility index (Phi) is 9.03. The Morgan fingerprint density at radius 3 is 2.56 bits per heavy atom. The van der Waals surface area contributed by atoms with Crippen LogP contribution in [0, 0.1) is 0 Å². The van der Waals surface area contributed by atoms with E-state index in [9.17, 15) is 9.59 Å². The predicted octanol–water partition coefficient (Wildman–Crippen LogP) is 3.05. The summed E-state index contributed by atoms with van der Waals surface area (Å²) in [6.07, 6.45) is 0.427. The van der Waals surface area contributed by atoms with Crippen LogP contribution in [0.1, 0.15) is 24.3 Å². The normalized spacial score (nSPS) is 10.6. The molecule has 146 valence electrons. The van der Waals surface area contributed by atoms with Crippen molar-refractivity contribution in [3.05, 3.63) is 35.7 Å². The third-order valence-corrected chi connectivity index (χ3v) is 3.62. The molecule has 1 aromatic heterocycles. The number of hydrogen-bond donors (Lipinski definition) is 0. The van der Waals surface area contributed by atoms with Gasteiger partial charge in [-0.3, -0.25) is 13.9 Å². The highest BCUT2D eigenvalue weighted by molar-refractivity contribution is 6.18. The van der Waals surface area contributed by atoms with Gasteiger partial charge in [-0.2, -0.15) is 4.98 Å². The summed E-state index contributed by atoms with van der Waals surface area (Å²) in [5.41, 5.74) is 1.61. The van der Waals surface area contributed by atoms with Crippen LogP contribution in [-0.4, -0.2) is 41.2 Å². The Bertz CT molecular complexity index is 753. The Hall–Kier alpha value is -2.16. The second-order valence-corrected chi connectivity index (χ2v) is 5.94. The Morgan fingerprint density at radius 1 is 1.11 bits per heavy atom. The van der Waals surface area contributed by atoms with E-state index in [0.29, 0.717) is 11.7 Å². The Morgan fingerprint density at radius 2 is 1.85 bits per heavy atom. The van der Waals surface area contributed by atoms with Crippen LogP contribution in [0.5, 0.6) is 0 Å². The standard InChI is InChI=1S/C17H18Cl2N2O6/c18-7-6-16(23)25-9-8-24-15(22)5-4-14-20-17(21-27-14)13-3-1-2-12(10-13)11-26-19/h1-3,10H,4-9,11H2. The molecule has 0 amide bonds. The molecule has 0 aliphatic rings. The number of aryl methyl sites for hydroxylation is 1. The number of rotatable bonds is 11. The second-order valence-electron chi connectivity index (χ2n) is 5.35. The molecule has 0 aliphatic carbocycles. The fraction of sp³-hybridized carbons (Fsp3) is 0.412. The maximum absolute atomic E-state index is 11.7. The monoisotopic (exact) mass is 416 g/mol. The first-order valence-corrected chi connectivity index (χ1v) is 8.99. The first-order valence-electron chi connectivity index (χ1n) is 8.15. The van der Waals surface area contributed by atoms with Gasteiger partial charge in [-0.05, 0) is 11.6 Å². The Balaban J connectivity index is 1.75. The quantitative estimate of drug-likeness (QED) is 0.312. The number of ether oxygens (including phenoxy) is 2. The van der Waals surface area contributed by atoms with Crippen LogP contribution < -0.4 is 0 Å². The molecular weight excluding hydrogens is 399 g/mol. The van der Waals surface area contributed by atoms with E-state index in [0.717, 1.165) is 11.1 Å². The van der Waals surface area contributed by atoms with E-state index in [-0.39, 0.29) is 45.0 Å². The summed E-state index contributed by atoms with van der Waals surface area (Å²) >= 11 is 10.7. The second kappa shape index (κ2) is 11.5. The van der Waals surface area contributed by atoms with E-state index in [1.54, 1.807) is 0 Å². The molecule has 8 nitrogen and oxygen atoms in total. The van der Waals surface area contributed by atoms with Gasteiger partial charge in [-0.25, -0.2) is 0 Å². The van der Waals surface area contributed by atoms with Gasteiger partial charge in [0, 0.05) is 17.9 Å². The molecule has 0 unspecified atom stereocenters. The van der Waals surface area contributed by atoms with Gasteiger partial charge in [0.2, 0.25) is 11.7 Å². The van der Waals surface area contributed by atoms with E-state index in [2.05, 4.69) is 14.4 Å². The van der Waals surface area contributed by atoms with Crippen molar-refractivity contribution in [3.8, 4) is 11.4 Å². The molecule has 0 N–H and O–H groups in total. The molecule has 1 aromatic carbocycles. The summed E-state index contributed by atoms with van der Waals surface area (Å²) in [6, 6.07) is 7.34. The van der Waals surface area contributed by atoms with E-state index in [1.807, 2.05) is 24.3 Å². The lowest BCUT2D eigenvalue weighted by atomic mass is 10.1. The van der Waals surface area contributed by atoms with Crippen molar-refractivity contribution in [3.63, 3.8) is 0 Å². The first kappa shape index (κ1) is 21.1. The number of benzene rings is 1. The molecule has 0 spiro atoms. The van der Waals surface area contributed by atoms with E-state index in [1.165, 1.54) is 0 Å². The molecule has 0 saturated heterocycles. The van der Waals surface area contributed by atoms with Crippen molar-refractivity contribution in [1.82, 2.24) is 10.1 Å². The molecule has 1 heterocycles. The number of carbonyl (C=O) groups is 2. The van der Waals surface area contributed by atoms with Crippen LogP contribution in [0.15, 0.2) is 28.8 Å². The largest absolute Gasteiger partial charge is 0.462 e. The third kappa shape index (κ3) is 7.54. The minimum Gasteiger partial charge on any atom is -0.462 e. The summed E-state index contributed by atoms with van der Waals surface area (Å²) in [4.78, 5) is 27.0. The lowest BCUT2D eigenvalue weighted by Gasteiger charge is -2.05. The van der Waals surface area contributed by atoms with Crippen molar-refractivity contribution in [2.75, 3.05) is 19.1 Å². The molecule has 0 radical (unpaired) electrons. The minimum absolute atomic E-state index is 0.00543. The smallest absolute Gasteiger partial charge is 0.307 e. The summed E-state index contributed by atoms with van der Waals surface area (Å²) in [6.45, 7) is 0.235. The van der Waals surface area contributed by atoms with E-state index < -0.39 is 11.9 Å². The number of nitrogens with zero attached hydrogens (tertiary/aromatic N) is 2. The van der Waals surface area contributed by atoms with Crippen molar-refractivity contribution >= 4 is 35.4 Å². The number of halogens is 2. The van der Waals surface area contributed by atoms with Gasteiger partial charge in [0.15, 0.2) is 0 Å².